The Balaban J connectivity index is 2.06. The van der Waals surface area contributed by atoms with Crippen molar-refractivity contribution in [1.29, 1.82) is 0 Å². The number of esters is 1. The lowest BCUT2D eigenvalue weighted by Crippen LogP contribution is -2.25. The fraction of sp³-hybridized carbons (Fsp3) is 0.227. The Labute approximate surface area is 163 Å². The summed E-state index contributed by atoms with van der Waals surface area (Å²) < 4.78 is 6.99. The Morgan fingerprint density at radius 1 is 1.11 bits per heavy atom. The lowest BCUT2D eigenvalue weighted by atomic mass is 9.98. The monoisotopic (exact) mass is 375 g/mol. The van der Waals surface area contributed by atoms with Gasteiger partial charge < -0.3 is 9.64 Å². The van der Waals surface area contributed by atoms with Gasteiger partial charge >= 0.3 is 5.97 Å². The number of hydrogen-bond acceptors (Lipinski definition) is 4. The summed E-state index contributed by atoms with van der Waals surface area (Å²) in [6.45, 7) is 4.37. The van der Waals surface area contributed by atoms with Crippen molar-refractivity contribution in [3.05, 3.63) is 71.0 Å². The number of carbonyl (C=O) groups is 2. The van der Waals surface area contributed by atoms with Crippen LogP contribution >= 0.6 is 0 Å². The quantitative estimate of drug-likeness (QED) is 0.656. The van der Waals surface area contributed by atoms with E-state index in [4.69, 9.17) is 4.74 Å². The first-order valence-electron chi connectivity index (χ1n) is 9.22. The molecule has 0 aliphatic carbocycles. The van der Waals surface area contributed by atoms with Gasteiger partial charge in [0, 0.05) is 12.6 Å². The Kier molecular flexibility index (Phi) is 4.47. The van der Waals surface area contributed by atoms with Gasteiger partial charge in [0.2, 0.25) is 0 Å². The van der Waals surface area contributed by atoms with E-state index in [-0.39, 0.29) is 18.2 Å². The standard InChI is InChI=1S/C22H21N3O3/c1-4-28-22(27)20-19(15-10-6-5-9-14(15)2)18-13-24(3)21(26)16-11-7-8-12-17(16)25(18)23-20/h5-12H,4,13H2,1-3H3. The molecule has 4 rings (SSSR count). The Bertz CT molecular complexity index is 1080. The predicted molar refractivity (Wildman–Crippen MR) is 105 cm³/mol. The highest BCUT2D eigenvalue weighted by Gasteiger charge is 2.32. The van der Waals surface area contributed by atoms with Gasteiger partial charge in [-0.05, 0) is 37.1 Å². The van der Waals surface area contributed by atoms with Crippen LogP contribution in [0, 0.1) is 6.92 Å². The number of carbonyl (C=O) groups excluding carboxylic acids is 2. The third-order valence-electron chi connectivity index (χ3n) is 4.96. The van der Waals surface area contributed by atoms with Crippen molar-refractivity contribution in [3.8, 4) is 16.8 Å². The minimum atomic E-state index is -0.465. The van der Waals surface area contributed by atoms with Gasteiger partial charge in [-0.25, -0.2) is 9.48 Å². The SMILES string of the molecule is CCOC(=O)c1nn2c(c1-c1ccccc1C)CN(C)C(=O)c1ccccc1-2. The van der Waals surface area contributed by atoms with Gasteiger partial charge in [0.25, 0.3) is 5.91 Å². The molecule has 0 N–H and O–H groups in total. The molecule has 6 nitrogen and oxygen atoms in total. The van der Waals surface area contributed by atoms with Gasteiger partial charge in [0.15, 0.2) is 5.69 Å². The third kappa shape index (κ3) is 2.78. The van der Waals surface area contributed by atoms with Crippen LogP contribution < -0.4 is 0 Å². The topological polar surface area (TPSA) is 64.4 Å². The summed E-state index contributed by atoms with van der Waals surface area (Å²) in [4.78, 5) is 27.2. The average molecular weight is 375 g/mol. The van der Waals surface area contributed by atoms with Crippen molar-refractivity contribution in [1.82, 2.24) is 14.7 Å². The Hall–Kier alpha value is -3.41. The second-order valence-corrected chi connectivity index (χ2v) is 6.80. The van der Waals surface area contributed by atoms with E-state index >= 15 is 0 Å². The maximum absolute atomic E-state index is 12.8. The highest BCUT2D eigenvalue weighted by Crippen LogP contribution is 2.35. The van der Waals surface area contributed by atoms with Crippen LogP contribution in [0.15, 0.2) is 48.5 Å². The normalized spacial score (nSPS) is 13.0. The van der Waals surface area contributed by atoms with Gasteiger partial charge in [0.1, 0.15) is 0 Å². The first kappa shape index (κ1) is 18.0. The van der Waals surface area contributed by atoms with Gasteiger partial charge in [-0.3, -0.25) is 4.79 Å². The summed E-state index contributed by atoms with van der Waals surface area (Å²) in [6.07, 6.45) is 0. The van der Waals surface area contributed by atoms with Crippen LogP contribution in [0.25, 0.3) is 16.8 Å². The first-order chi connectivity index (χ1) is 13.5. The molecule has 2 aromatic carbocycles. The van der Waals surface area contributed by atoms with E-state index in [1.807, 2.05) is 49.4 Å². The van der Waals surface area contributed by atoms with E-state index < -0.39 is 5.97 Å². The smallest absolute Gasteiger partial charge is 0.359 e. The number of fused-ring (bicyclic) bond motifs is 3. The molecule has 142 valence electrons. The maximum atomic E-state index is 12.8. The highest BCUT2D eigenvalue weighted by molar-refractivity contribution is 6.00. The summed E-state index contributed by atoms with van der Waals surface area (Å²) in [6, 6.07) is 15.2. The summed E-state index contributed by atoms with van der Waals surface area (Å²) in [5, 5.41) is 4.62. The van der Waals surface area contributed by atoms with E-state index in [0.29, 0.717) is 23.4 Å². The van der Waals surface area contributed by atoms with Crippen LogP contribution in [0.2, 0.25) is 0 Å². The van der Waals surface area contributed by atoms with Crippen LogP contribution in [-0.4, -0.2) is 40.2 Å². The van der Waals surface area contributed by atoms with E-state index in [0.717, 1.165) is 16.8 Å². The molecule has 0 saturated carbocycles. The highest BCUT2D eigenvalue weighted by atomic mass is 16.5. The Morgan fingerprint density at radius 3 is 2.50 bits per heavy atom. The molecule has 3 aromatic rings. The zero-order valence-corrected chi connectivity index (χ0v) is 16.1. The minimum Gasteiger partial charge on any atom is -0.461 e. The van der Waals surface area contributed by atoms with Crippen molar-refractivity contribution >= 4 is 11.9 Å². The van der Waals surface area contributed by atoms with E-state index in [9.17, 15) is 9.59 Å². The molecular formula is C22H21N3O3. The first-order valence-corrected chi connectivity index (χ1v) is 9.22. The molecule has 0 fully saturated rings. The van der Waals surface area contributed by atoms with E-state index in [2.05, 4.69) is 5.10 Å². The molecule has 0 bridgehead atoms. The van der Waals surface area contributed by atoms with Crippen LogP contribution in [0.4, 0.5) is 0 Å². The van der Waals surface area contributed by atoms with Crippen molar-refractivity contribution in [2.24, 2.45) is 0 Å². The van der Waals surface area contributed by atoms with Crippen LogP contribution in [-0.2, 0) is 11.3 Å². The van der Waals surface area contributed by atoms with Crippen LogP contribution in [0.3, 0.4) is 0 Å². The molecule has 2 heterocycles. The third-order valence-corrected chi connectivity index (χ3v) is 4.96. The largest absolute Gasteiger partial charge is 0.461 e. The number of hydrogen-bond donors (Lipinski definition) is 0. The molecule has 0 radical (unpaired) electrons. The molecule has 6 heteroatoms. The molecule has 1 amide bonds. The van der Waals surface area contributed by atoms with Gasteiger partial charge in [-0.1, -0.05) is 36.4 Å². The number of para-hydroxylation sites is 1. The number of aromatic nitrogens is 2. The van der Waals surface area contributed by atoms with Crippen molar-refractivity contribution in [3.63, 3.8) is 0 Å². The number of rotatable bonds is 3. The molecule has 0 unspecified atom stereocenters. The lowest BCUT2D eigenvalue weighted by Gasteiger charge is -2.16. The summed E-state index contributed by atoms with van der Waals surface area (Å²) in [7, 11) is 1.76. The molecule has 0 saturated heterocycles. The maximum Gasteiger partial charge on any atom is 0.359 e. The number of nitrogens with zero attached hydrogens (tertiary/aromatic N) is 3. The summed E-state index contributed by atoms with van der Waals surface area (Å²) in [5.41, 5.74) is 4.92. The second kappa shape index (κ2) is 6.96. The number of aryl methyl sites for hydroxylation is 1. The zero-order chi connectivity index (χ0) is 19.8. The molecule has 28 heavy (non-hydrogen) atoms. The van der Waals surface area contributed by atoms with E-state index in [1.54, 1.807) is 29.6 Å². The number of benzene rings is 2. The minimum absolute atomic E-state index is 0.0745. The molecule has 0 atom stereocenters. The molecule has 0 spiro atoms. The molecule has 1 aliphatic rings. The fourth-order valence-corrected chi connectivity index (χ4v) is 3.62. The average Bonchev–Trinajstić information content (AvgIpc) is 3.02. The van der Waals surface area contributed by atoms with E-state index in [1.165, 1.54) is 0 Å². The van der Waals surface area contributed by atoms with Gasteiger partial charge in [0.05, 0.1) is 30.1 Å². The van der Waals surface area contributed by atoms with Gasteiger partial charge in [-0.2, -0.15) is 5.10 Å². The number of ether oxygens (including phenoxy) is 1. The van der Waals surface area contributed by atoms with Crippen molar-refractivity contribution in [2.75, 3.05) is 13.7 Å². The summed E-state index contributed by atoms with van der Waals surface area (Å²) in [5.74, 6) is -0.540. The molecular weight excluding hydrogens is 354 g/mol. The van der Waals surface area contributed by atoms with Crippen LogP contribution in [0.5, 0.6) is 0 Å². The van der Waals surface area contributed by atoms with Crippen molar-refractivity contribution in [2.45, 2.75) is 20.4 Å². The molecule has 1 aromatic heterocycles. The predicted octanol–water partition coefficient (Wildman–Crippen LogP) is 3.61. The molecule has 1 aliphatic heterocycles. The van der Waals surface area contributed by atoms with Gasteiger partial charge in [-0.15, -0.1) is 0 Å². The lowest BCUT2D eigenvalue weighted by molar-refractivity contribution is 0.0519. The fourth-order valence-electron chi connectivity index (χ4n) is 3.62. The Morgan fingerprint density at radius 2 is 1.79 bits per heavy atom. The second-order valence-electron chi connectivity index (χ2n) is 6.80. The van der Waals surface area contributed by atoms with Crippen LogP contribution in [0.1, 0.15) is 39.0 Å². The summed E-state index contributed by atoms with van der Waals surface area (Å²) >= 11 is 0. The zero-order valence-electron chi connectivity index (χ0n) is 16.1. The van der Waals surface area contributed by atoms with Crippen molar-refractivity contribution < 1.29 is 14.3 Å². The number of amides is 1.